The lowest BCUT2D eigenvalue weighted by Crippen LogP contribution is -2.20. The topological polar surface area (TPSA) is 103 Å². The van der Waals surface area contributed by atoms with Gasteiger partial charge >= 0.3 is 11.9 Å². The summed E-state index contributed by atoms with van der Waals surface area (Å²) in [5.74, 6) is -2.31. The van der Waals surface area contributed by atoms with Crippen molar-refractivity contribution in [2.75, 3.05) is 6.61 Å². The summed E-state index contributed by atoms with van der Waals surface area (Å²) in [6.07, 6.45) is 1.20. The zero-order valence-electron chi connectivity index (χ0n) is 20.0. The minimum absolute atomic E-state index is 0.0155. The fourth-order valence-electron chi connectivity index (χ4n) is 3.98. The highest BCUT2D eigenvalue weighted by Gasteiger charge is 2.33. The molecule has 0 saturated heterocycles. The normalized spacial score (nSPS) is 12.1. The molecule has 0 amide bonds. The van der Waals surface area contributed by atoms with Crippen molar-refractivity contribution in [2.24, 2.45) is 0 Å². The average molecular weight is 593 g/mol. The van der Waals surface area contributed by atoms with E-state index in [2.05, 4.69) is 0 Å². The molecule has 38 heavy (non-hydrogen) atoms. The molecule has 0 aliphatic carbocycles. The minimum Gasteiger partial charge on any atom is -0.478 e. The molecule has 0 aliphatic heterocycles. The number of carboxylic acids is 1. The second-order valence-corrected chi connectivity index (χ2v) is 11.3. The number of halogens is 3. The van der Waals surface area contributed by atoms with E-state index in [0.29, 0.717) is 5.02 Å². The molecule has 4 aromatic rings. The van der Waals surface area contributed by atoms with Gasteiger partial charge in [-0.15, -0.1) is 0 Å². The summed E-state index contributed by atoms with van der Waals surface area (Å²) in [4.78, 5) is 25.6. The number of nitrogens with zero attached hydrogens (tertiary/aromatic N) is 1. The molecule has 7 nitrogen and oxygen atoms in total. The number of carbonyl (C=O) groups excluding carboxylic acids is 1. The SMILES string of the molecule is CCOC(=O)c1c(/C=C(/C(=O)O)c2ccc(Cl)cc2)c2c(Cl)cc(Cl)cc2n1S(=O)(=O)c1ccc(C)cc1. The molecular weight excluding hydrogens is 573 g/mol. The van der Waals surface area contributed by atoms with Crippen LogP contribution in [0.25, 0.3) is 22.6 Å². The number of rotatable bonds is 7. The molecule has 0 saturated carbocycles. The summed E-state index contributed by atoms with van der Waals surface area (Å²) in [5.41, 5.74) is 0.380. The Morgan fingerprint density at radius 2 is 1.61 bits per heavy atom. The maximum atomic E-state index is 14.0. The van der Waals surface area contributed by atoms with Gasteiger partial charge in [0.15, 0.2) is 5.69 Å². The van der Waals surface area contributed by atoms with Crippen molar-refractivity contribution in [1.29, 1.82) is 0 Å². The van der Waals surface area contributed by atoms with Gasteiger partial charge in [-0.1, -0.05) is 64.6 Å². The van der Waals surface area contributed by atoms with Crippen LogP contribution in [-0.4, -0.2) is 36.0 Å². The van der Waals surface area contributed by atoms with E-state index >= 15 is 0 Å². The molecule has 1 heterocycles. The van der Waals surface area contributed by atoms with E-state index in [9.17, 15) is 23.1 Å². The molecule has 0 aliphatic rings. The van der Waals surface area contributed by atoms with Crippen LogP contribution in [-0.2, 0) is 19.6 Å². The summed E-state index contributed by atoms with van der Waals surface area (Å²) in [7, 11) is -4.41. The van der Waals surface area contributed by atoms with Gasteiger partial charge in [0, 0.05) is 21.0 Å². The lowest BCUT2D eigenvalue weighted by atomic mass is 10.0. The number of esters is 1. The molecule has 196 valence electrons. The first-order chi connectivity index (χ1) is 17.9. The van der Waals surface area contributed by atoms with Crippen LogP contribution in [0.3, 0.4) is 0 Å². The van der Waals surface area contributed by atoms with Crippen molar-refractivity contribution < 1.29 is 27.9 Å². The van der Waals surface area contributed by atoms with Crippen LogP contribution < -0.4 is 0 Å². The Bertz CT molecular complexity index is 1710. The summed E-state index contributed by atoms with van der Waals surface area (Å²) < 4.78 is 34.0. The number of fused-ring (bicyclic) bond motifs is 1. The van der Waals surface area contributed by atoms with Crippen LogP contribution in [0, 0.1) is 6.92 Å². The maximum Gasteiger partial charge on any atom is 0.356 e. The summed E-state index contributed by atoms with van der Waals surface area (Å²) in [5, 5.41) is 10.7. The average Bonchev–Trinajstić information content (AvgIpc) is 3.18. The number of aromatic nitrogens is 1. The number of hydrogen-bond donors (Lipinski definition) is 1. The highest BCUT2D eigenvalue weighted by atomic mass is 35.5. The molecule has 0 bridgehead atoms. The van der Waals surface area contributed by atoms with Gasteiger partial charge in [0.1, 0.15) is 0 Å². The standard InChI is InChI=1S/C27H20Cl3NO6S/c1-3-37-27(34)25-21(14-20(26(32)33)16-6-8-17(28)9-7-16)24-22(30)12-18(29)13-23(24)31(25)38(35,36)19-10-4-15(2)5-11-19/h4-14H,3H2,1-2H3,(H,32,33)/b20-14+. The van der Waals surface area contributed by atoms with Crippen LogP contribution in [0.5, 0.6) is 0 Å². The van der Waals surface area contributed by atoms with Gasteiger partial charge in [-0.2, -0.15) is 0 Å². The van der Waals surface area contributed by atoms with Gasteiger partial charge in [-0.25, -0.2) is 22.0 Å². The second kappa shape index (κ2) is 10.8. The van der Waals surface area contributed by atoms with Crippen molar-refractivity contribution in [1.82, 2.24) is 3.97 Å². The van der Waals surface area contributed by atoms with E-state index in [1.165, 1.54) is 54.6 Å². The monoisotopic (exact) mass is 591 g/mol. The molecule has 1 aromatic heterocycles. The molecule has 1 N–H and O–H groups in total. The molecule has 0 atom stereocenters. The summed E-state index contributed by atoms with van der Waals surface area (Å²) in [6, 6.07) is 14.8. The first kappa shape index (κ1) is 27.7. The fourth-order valence-corrected chi connectivity index (χ4v) is 6.19. The van der Waals surface area contributed by atoms with E-state index < -0.39 is 27.7 Å². The molecular formula is C27H20Cl3NO6S. The number of aryl methyl sites for hydroxylation is 1. The number of carbonyl (C=O) groups is 2. The Morgan fingerprint density at radius 1 is 0.974 bits per heavy atom. The van der Waals surface area contributed by atoms with Gasteiger partial charge in [0.2, 0.25) is 0 Å². The van der Waals surface area contributed by atoms with E-state index in [4.69, 9.17) is 39.5 Å². The molecule has 3 aromatic carbocycles. The van der Waals surface area contributed by atoms with Crippen molar-refractivity contribution in [2.45, 2.75) is 18.7 Å². The fraction of sp³-hybridized carbons (Fsp3) is 0.111. The first-order valence-electron chi connectivity index (χ1n) is 11.2. The Morgan fingerprint density at radius 3 is 2.18 bits per heavy atom. The van der Waals surface area contributed by atoms with Gasteiger partial charge < -0.3 is 9.84 Å². The van der Waals surface area contributed by atoms with Crippen LogP contribution in [0.4, 0.5) is 0 Å². The van der Waals surface area contributed by atoms with Gasteiger partial charge in [0.05, 0.1) is 27.6 Å². The minimum atomic E-state index is -4.41. The Hall–Kier alpha value is -3.30. The maximum absolute atomic E-state index is 14.0. The number of hydrogen-bond acceptors (Lipinski definition) is 5. The van der Waals surface area contributed by atoms with Crippen LogP contribution in [0.15, 0.2) is 65.6 Å². The Kier molecular flexibility index (Phi) is 7.90. The van der Waals surface area contributed by atoms with Crippen molar-refractivity contribution in [3.8, 4) is 0 Å². The molecule has 0 radical (unpaired) electrons. The molecule has 0 unspecified atom stereocenters. The lowest BCUT2D eigenvalue weighted by molar-refractivity contribution is -0.130. The van der Waals surface area contributed by atoms with E-state index in [0.717, 1.165) is 9.54 Å². The summed E-state index contributed by atoms with van der Waals surface area (Å²) in [6.45, 7) is 3.30. The van der Waals surface area contributed by atoms with Crippen molar-refractivity contribution in [3.05, 3.63) is 98.1 Å². The quantitative estimate of drug-likeness (QED) is 0.184. The molecule has 11 heteroatoms. The number of benzene rings is 3. The van der Waals surface area contributed by atoms with Crippen LogP contribution in [0.2, 0.25) is 15.1 Å². The molecule has 0 fully saturated rings. The first-order valence-corrected chi connectivity index (χ1v) is 13.8. The smallest absolute Gasteiger partial charge is 0.356 e. The predicted molar refractivity (Wildman–Crippen MR) is 149 cm³/mol. The highest BCUT2D eigenvalue weighted by Crippen LogP contribution is 2.39. The Labute approximate surface area is 233 Å². The van der Waals surface area contributed by atoms with Crippen LogP contribution in [0.1, 0.15) is 34.1 Å². The van der Waals surface area contributed by atoms with Crippen LogP contribution >= 0.6 is 34.8 Å². The lowest BCUT2D eigenvalue weighted by Gasteiger charge is -2.12. The third-order valence-electron chi connectivity index (χ3n) is 5.68. The van der Waals surface area contributed by atoms with Gasteiger partial charge in [-0.3, -0.25) is 0 Å². The predicted octanol–water partition coefficient (Wildman–Crippen LogP) is 6.95. The molecule has 0 spiro atoms. The van der Waals surface area contributed by atoms with E-state index in [-0.39, 0.29) is 49.2 Å². The van der Waals surface area contributed by atoms with Gasteiger partial charge in [-0.05, 0) is 61.9 Å². The number of carboxylic acid groups (broad SMARTS) is 1. The highest BCUT2D eigenvalue weighted by molar-refractivity contribution is 7.90. The Balaban J connectivity index is 2.18. The van der Waals surface area contributed by atoms with Gasteiger partial charge in [0.25, 0.3) is 10.0 Å². The zero-order valence-corrected chi connectivity index (χ0v) is 23.1. The molecule has 4 rings (SSSR count). The van der Waals surface area contributed by atoms with E-state index in [1.54, 1.807) is 26.0 Å². The zero-order chi connectivity index (χ0) is 27.8. The largest absolute Gasteiger partial charge is 0.478 e. The third kappa shape index (κ3) is 5.17. The van der Waals surface area contributed by atoms with E-state index in [1.807, 2.05) is 0 Å². The van der Waals surface area contributed by atoms with Crippen molar-refractivity contribution >= 4 is 79.3 Å². The number of ether oxygens (including phenoxy) is 1. The van der Waals surface area contributed by atoms with Crippen molar-refractivity contribution in [3.63, 3.8) is 0 Å². The summed E-state index contributed by atoms with van der Waals surface area (Å²) >= 11 is 18.8. The second-order valence-electron chi connectivity index (χ2n) is 8.22. The number of aliphatic carboxylic acids is 1. The third-order valence-corrected chi connectivity index (χ3v) is 8.18.